The number of amides is 2. The number of carbonyl (C=O) groups excluding carboxylic acids is 3. The SMILES string of the molecule is CO/N=C(\C(=O)N[C@@H]1C(=O)N2C(C(=O)[O-])=C(/C=C\c3cc(C)no3)CS[C@H]12)c1csc(N)n1.[Na+]. The van der Waals surface area contributed by atoms with Crippen LogP contribution in [0.2, 0.25) is 0 Å². The van der Waals surface area contributed by atoms with E-state index in [1.54, 1.807) is 25.1 Å². The maximum absolute atomic E-state index is 12.8. The van der Waals surface area contributed by atoms with E-state index in [1.807, 2.05) is 0 Å². The van der Waals surface area contributed by atoms with Crippen LogP contribution in [0.25, 0.3) is 6.08 Å². The van der Waals surface area contributed by atoms with Gasteiger partial charge in [-0.1, -0.05) is 16.4 Å². The molecule has 2 aromatic heterocycles. The van der Waals surface area contributed by atoms with E-state index in [0.29, 0.717) is 17.0 Å². The van der Waals surface area contributed by atoms with Gasteiger partial charge in [0.2, 0.25) is 0 Å². The number of oxime groups is 1. The molecular weight excluding hydrogens is 495 g/mol. The summed E-state index contributed by atoms with van der Waals surface area (Å²) in [5, 5.41) is 23.0. The van der Waals surface area contributed by atoms with Crippen LogP contribution in [0, 0.1) is 6.92 Å². The van der Waals surface area contributed by atoms with Crippen LogP contribution in [-0.4, -0.2) is 62.8 Å². The number of nitrogens with two attached hydrogens (primary N) is 1. The van der Waals surface area contributed by atoms with Gasteiger partial charge in [0.05, 0.1) is 17.4 Å². The summed E-state index contributed by atoms with van der Waals surface area (Å²) in [7, 11) is 1.27. The van der Waals surface area contributed by atoms with Crippen molar-refractivity contribution < 1.29 is 58.4 Å². The largest absolute Gasteiger partial charge is 1.00 e. The predicted octanol–water partition coefficient (Wildman–Crippen LogP) is -3.51. The summed E-state index contributed by atoms with van der Waals surface area (Å²) in [6, 6.07) is 0.724. The molecule has 0 unspecified atom stereocenters. The molecule has 0 spiro atoms. The molecule has 2 amide bonds. The first kappa shape index (κ1) is 26.0. The number of rotatable bonds is 7. The topological polar surface area (TPSA) is 176 Å². The minimum Gasteiger partial charge on any atom is -0.543 e. The molecule has 34 heavy (non-hydrogen) atoms. The Morgan fingerprint density at radius 3 is 2.79 bits per heavy atom. The average molecular weight is 513 g/mol. The third kappa shape index (κ3) is 5.05. The molecule has 2 atom stereocenters. The molecule has 0 aromatic carbocycles. The number of β-lactam (4-membered cyclic amide) rings is 1. The molecular formula is C19H17N6NaO6S2. The maximum Gasteiger partial charge on any atom is 1.00 e. The average Bonchev–Trinajstić information content (AvgIpc) is 3.40. The van der Waals surface area contributed by atoms with Crippen molar-refractivity contribution in [3.8, 4) is 0 Å². The number of nitrogens with zero attached hydrogens (tertiary/aromatic N) is 4. The van der Waals surface area contributed by atoms with E-state index in [-0.39, 0.29) is 57.5 Å². The summed E-state index contributed by atoms with van der Waals surface area (Å²) in [5.74, 6) is -2.07. The van der Waals surface area contributed by atoms with Crippen molar-refractivity contribution in [3.05, 3.63) is 45.9 Å². The fourth-order valence-corrected chi connectivity index (χ4v) is 5.17. The summed E-state index contributed by atoms with van der Waals surface area (Å²) in [4.78, 5) is 47.2. The van der Waals surface area contributed by atoms with Gasteiger partial charge >= 0.3 is 29.6 Å². The zero-order chi connectivity index (χ0) is 23.7. The first-order chi connectivity index (χ1) is 15.8. The number of carboxylic acid groups (broad SMARTS) is 1. The van der Waals surface area contributed by atoms with Crippen molar-refractivity contribution in [2.45, 2.75) is 18.3 Å². The first-order valence-electron chi connectivity index (χ1n) is 9.44. The van der Waals surface area contributed by atoms with Gasteiger partial charge in [0.15, 0.2) is 16.6 Å². The summed E-state index contributed by atoms with van der Waals surface area (Å²) in [6.45, 7) is 1.76. The minimum atomic E-state index is -1.49. The third-order valence-corrected chi connectivity index (χ3v) is 6.71. The Kier molecular flexibility index (Phi) is 8.20. The van der Waals surface area contributed by atoms with Crippen molar-refractivity contribution in [3.63, 3.8) is 0 Å². The van der Waals surface area contributed by atoms with Crippen molar-refractivity contribution in [2.24, 2.45) is 5.16 Å². The summed E-state index contributed by atoms with van der Waals surface area (Å²) in [6.07, 6.45) is 3.11. The number of fused-ring (bicyclic) bond motifs is 1. The smallest absolute Gasteiger partial charge is 0.543 e. The van der Waals surface area contributed by atoms with Gasteiger partial charge in [-0.05, 0) is 18.6 Å². The number of hydrogen-bond donors (Lipinski definition) is 2. The Bertz CT molecular complexity index is 1220. The number of hydrogen-bond acceptors (Lipinski definition) is 12. The van der Waals surface area contributed by atoms with E-state index in [9.17, 15) is 19.5 Å². The van der Waals surface area contributed by atoms with Crippen LogP contribution < -0.4 is 45.7 Å². The second-order valence-corrected chi connectivity index (χ2v) is 8.91. The number of thiazole rings is 1. The fraction of sp³-hybridized carbons (Fsp3) is 0.263. The van der Waals surface area contributed by atoms with Gasteiger partial charge in [0, 0.05) is 17.2 Å². The standard InChI is InChI=1S/C19H18N6O6S2.Na/c1-8-5-10(31-23-8)4-3-9-6-32-17-13(16(27)25(17)14(9)18(28)29)22-15(26)12(24-30-2)11-7-33-19(20)21-11;/h3-5,7,13,17H,6H2,1-2H3,(H2,20,21)(H,22,26)(H,28,29);/q;+1/p-1/b4-3-,24-12-;/t13-,17-;/m1./s1. The van der Waals surface area contributed by atoms with Crippen molar-refractivity contribution in [1.29, 1.82) is 0 Å². The number of aryl methyl sites for hydroxylation is 1. The van der Waals surface area contributed by atoms with Gasteiger partial charge in [-0.25, -0.2) is 4.98 Å². The molecule has 15 heteroatoms. The van der Waals surface area contributed by atoms with Gasteiger partial charge in [0.1, 0.15) is 24.2 Å². The van der Waals surface area contributed by atoms with E-state index < -0.39 is 29.2 Å². The molecule has 0 aliphatic carbocycles. The minimum absolute atomic E-state index is 0. The molecule has 4 rings (SSSR count). The second-order valence-electron chi connectivity index (χ2n) is 6.92. The van der Waals surface area contributed by atoms with Crippen molar-refractivity contribution in [1.82, 2.24) is 20.4 Å². The van der Waals surface area contributed by atoms with Crippen LogP contribution in [0.15, 0.2) is 38.5 Å². The molecule has 2 aliphatic heterocycles. The third-order valence-electron chi connectivity index (χ3n) is 4.73. The molecule has 2 aliphatic rings. The number of carbonyl (C=O) groups is 3. The Labute approximate surface area is 223 Å². The maximum atomic E-state index is 12.8. The van der Waals surface area contributed by atoms with E-state index in [4.69, 9.17) is 15.1 Å². The molecule has 0 bridgehead atoms. The van der Waals surface area contributed by atoms with Gasteiger partial charge in [-0.3, -0.25) is 14.5 Å². The Morgan fingerprint density at radius 1 is 1.44 bits per heavy atom. The first-order valence-corrected chi connectivity index (χ1v) is 11.4. The molecule has 1 saturated heterocycles. The monoisotopic (exact) mass is 512 g/mol. The van der Waals surface area contributed by atoms with Crippen LogP contribution >= 0.6 is 23.1 Å². The Morgan fingerprint density at radius 2 is 2.21 bits per heavy atom. The molecule has 0 radical (unpaired) electrons. The quantitative estimate of drug-likeness (QED) is 0.164. The number of allylic oxidation sites excluding steroid dienone is 1. The fourth-order valence-electron chi connectivity index (χ4n) is 3.31. The van der Waals surface area contributed by atoms with E-state index in [1.165, 1.54) is 24.3 Å². The molecule has 12 nitrogen and oxygen atoms in total. The van der Waals surface area contributed by atoms with Crippen molar-refractivity contribution in [2.75, 3.05) is 18.6 Å². The van der Waals surface area contributed by atoms with Crippen LogP contribution in [0.3, 0.4) is 0 Å². The van der Waals surface area contributed by atoms with E-state index in [0.717, 1.165) is 16.2 Å². The molecule has 3 N–H and O–H groups in total. The molecule has 1 fully saturated rings. The second kappa shape index (κ2) is 10.7. The van der Waals surface area contributed by atoms with Gasteiger partial charge in [0.25, 0.3) is 11.8 Å². The number of thioether (sulfide) groups is 1. The number of aromatic nitrogens is 2. The molecule has 0 saturated carbocycles. The zero-order valence-corrected chi connectivity index (χ0v) is 21.9. The van der Waals surface area contributed by atoms with E-state index in [2.05, 4.69) is 20.6 Å². The normalized spacial score (nSPS) is 20.0. The van der Waals surface area contributed by atoms with Crippen LogP contribution in [-0.2, 0) is 19.2 Å². The number of carboxylic acids is 1. The van der Waals surface area contributed by atoms with E-state index >= 15 is 0 Å². The van der Waals surface area contributed by atoms with Crippen LogP contribution in [0.5, 0.6) is 0 Å². The molecule has 2 aromatic rings. The Balaban J connectivity index is 0.00000324. The zero-order valence-electron chi connectivity index (χ0n) is 18.3. The van der Waals surface area contributed by atoms with Crippen LogP contribution in [0.1, 0.15) is 17.1 Å². The van der Waals surface area contributed by atoms with Gasteiger partial charge in [-0.15, -0.1) is 23.1 Å². The van der Waals surface area contributed by atoms with Gasteiger partial charge in [-0.2, -0.15) is 0 Å². The molecule has 4 heterocycles. The van der Waals surface area contributed by atoms with Gasteiger partial charge < -0.3 is 30.3 Å². The van der Waals surface area contributed by atoms with Crippen molar-refractivity contribution >= 4 is 57.8 Å². The number of nitrogens with one attached hydrogen (secondary N) is 1. The Hall–Kier alpha value is -2.65. The summed E-state index contributed by atoms with van der Waals surface area (Å²) >= 11 is 2.42. The number of aliphatic carboxylic acids is 1. The summed E-state index contributed by atoms with van der Waals surface area (Å²) < 4.78 is 5.08. The number of nitrogen functional groups attached to an aromatic ring is 1. The predicted molar refractivity (Wildman–Crippen MR) is 117 cm³/mol. The number of anilines is 1. The summed E-state index contributed by atoms with van der Waals surface area (Å²) in [5.41, 5.74) is 6.46. The van der Waals surface area contributed by atoms with Crippen LogP contribution in [0.4, 0.5) is 5.13 Å². The molecule has 172 valence electrons.